The maximum absolute atomic E-state index is 13.3. The van der Waals surface area contributed by atoms with Crippen molar-refractivity contribution >= 4 is 17.2 Å². The highest BCUT2D eigenvalue weighted by Crippen LogP contribution is 2.49. The van der Waals surface area contributed by atoms with E-state index in [2.05, 4.69) is 12.0 Å². The molecule has 0 bridgehead atoms. The molecule has 2 heterocycles. The molecule has 0 saturated heterocycles. The molecule has 0 atom stereocenters. The second kappa shape index (κ2) is 8.88. The van der Waals surface area contributed by atoms with Gasteiger partial charge in [-0.05, 0) is 35.4 Å². The Bertz CT molecular complexity index is 1450. The van der Waals surface area contributed by atoms with Crippen molar-refractivity contribution in [3.63, 3.8) is 0 Å². The van der Waals surface area contributed by atoms with E-state index in [-0.39, 0.29) is 5.82 Å². The lowest BCUT2D eigenvalue weighted by atomic mass is 9.97. The molecule has 0 N–H and O–H groups in total. The average molecular weight is 476 g/mol. The Morgan fingerprint density at radius 2 is 1.42 bits per heavy atom. The fourth-order valence-corrected chi connectivity index (χ4v) is 4.77. The topological polar surface area (TPSA) is 38.8 Å². The van der Waals surface area contributed by atoms with Crippen molar-refractivity contribution in [2.75, 3.05) is 11.4 Å². The summed E-state index contributed by atoms with van der Waals surface area (Å²) in [6.45, 7) is 0.486. The molecule has 5 heteroatoms. The van der Waals surface area contributed by atoms with Crippen molar-refractivity contribution in [2.24, 2.45) is 0 Å². The van der Waals surface area contributed by atoms with E-state index in [0.29, 0.717) is 30.2 Å². The molecule has 0 aliphatic carbocycles. The summed E-state index contributed by atoms with van der Waals surface area (Å²) in [6, 6.07) is 31.7. The minimum atomic E-state index is -1.11. The van der Waals surface area contributed by atoms with E-state index in [4.69, 9.17) is 9.47 Å². The fraction of sp³-hybridized carbons (Fsp3) is 0.0968. The summed E-state index contributed by atoms with van der Waals surface area (Å²) in [6.07, 6.45) is 2.46. The number of fused-ring (bicyclic) bond motifs is 1. The van der Waals surface area contributed by atoms with E-state index in [1.165, 1.54) is 12.1 Å². The molecule has 4 nitrogen and oxygen atoms in total. The first kappa shape index (κ1) is 21.9. The van der Waals surface area contributed by atoms with Gasteiger partial charge in [0.25, 0.3) is 0 Å². The van der Waals surface area contributed by atoms with Crippen molar-refractivity contribution in [1.82, 2.24) is 0 Å². The summed E-state index contributed by atoms with van der Waals surface area (Å²) in [5.41, 5.74) is 4.94. The van der Waals surface area contributed by atoms with E-state index < -0.39 is 5.79 Å². The minimum Gasteiger partial charge on any atom is -0.440 e. The zero-order chi connectivity index (χ0) is 24.5. The quantitative estimate of drug-likeness (QED) is 0.316. The van der Waals surface area contributed by atoms with Gasteiger partial charge in [0.1, 0.15) is 17.5 Å². The molecule has 4 aromatic rings. The van der Waals surface area contributed by atoms with Crippen LogP contribution in [0.2, 0.25) is 0 Å². The first-order valence-electron chi connectivity index (χ1n) is 11.8. The lowest BCUT2D eigenvalue weighted by molar-refractivity contribution is -0.0459. The lowest BCUT2D eigenvalue weighted by Gasteiger charge is -2.29. The van der Waals surface area contributed by atoms with E-state index in [0.717, 1.165) is 28.0 Å². The van der Waals surface area contributed by atoms with Gasteiger partial charge in [0.05, 0.1) is 0 Å². The van der Waals surface area contributed by atoms with E-state index in [1.54, 1.807) is 12.1 Å². The number of hydrogen-bond acceptors (Lipinski definition) is 4. The van der Waals surface area contributed by atoms with Gasteiger partial charge in [0.15, 0.2) is 11.5 Å². The van der Waals surface area contributed by atoms with Gasteiger partial charge in [-0.3, -0.25) is 0 Å². The average Bonchev–Trinajstić information content (AvgIpc) is 3.34. The number of rotatable bonds is 4. The predicted octanol–water partition coefficient (Wildman–Crippen LogP) is 6.51. The summed E-state index contributed by atoms with van der Waals surface area (Å²) >= 11 is 0. The van der Waals surface area contributed by atoms with Crippen LogP contribution in [0.15, 0.2) is 115 Å². The fourth-order valence-electron chi connectivity index (χ4n) is 4.77. The standard InChI is InChI=1S/C31H22FNO3/c32-26-13-11-22(12-14-26)23-17-18-33(28(19-23)21-34)27-15-16-29-30(20-27)36-31(35-29,24-7-3-1-4-8-24)25-9-5-2-6-10-25/h1-17,20H,18-19H2. The molecule has 0 amide bonds. The largest absolute Gasteiger partial charge is 0.440 e. The molecule has 6 rings (SSSR count). The van der Waals surface area contributed by atoms with Crippen molar-refractivity contribution in [1.29, 1.82) is 0 Å². The van der Waals surface area contributed by atoms with Gasteiger partial charge in [-0.25, -0.2) is 9.18 Å². The van der Waals surface area contributed by atoms with Gasteiger partial charge >= 0.3 is 5.79 Å². The number of halogens is 1. The molecule has 176 valence electrons. The van der Waals surface area contributed by atoms with Crippen LogP contribution in [0.3, 0.4) is 0 Å². The number of carbonyl (C=O) groups excluding carboxylic acids is 1. The first-order valence-corrected chi connectivity index (χ1v) is 11.8. The number of nitrogens with zero attached hydrogens (tertiary/aromatic N) is 1. The zero-order valence-electron chi connectivity index (χ0n) is 19.4. The van der Waals surface area contributed by atoms with Crippen molar-refractivity contribution in [2.45, 2.75) is 12.2 Å². The Kier molecular flexibility index (Phi) is 5.40. The molecular formula is C31H22FNO3. The lowest BCUT2D eigenvalue weighted by Crippen LogP contribution is -2.36. The second-order valence-corrected chi connectivity index (χ2v) is 8.76. The van der Waals surface area contributed by atoms with Gasteiger partial charge in [0.2, 0.25) is 0 Å². The van der Waals surface area contributed by atoms with Crippen molar-refractivity contribution in [3.8, 4) is 11.5 Å². The van der Waals surface area contributed by atoms with Gasteiger partial charge in [-0.15, -0.1) is 0 Å². The molecular weight excluding hydrogens is 453 g/mol. The highest BCUT2D eigenvalue weighted by Gasteiger charge is 2.45. The summed E-state index contributed by atoms with van der Waals surface area (Å²) in [5.74, 6) is 1.93. The maximum atomic E-state index is 13.3. The van der Waals surface area contributed by atoms with E-state index in [1.807, 2.05) is 83.8 Å². The molecule has 0 unspecified atom stereocenters. The Balaban J connectivity index is 1.34. The number of allylic oxidation sites excluding steroid dienone is 1. The molecule has 0 radical (unpaired) electrons. The third-order valence-electron chi connectivity index (χ3n) is 6.59. The molecule has 4 aromatic carbocycles. The van der Waals surface area contributed by atoms with E-state index >= 15 is 0 Å². The summed E-state index contributed by atoms with van der Waals surface area (Å²) in [5, 5.41) is 0. The van der Waals surface area contributed by atoms with Crippen LogP contribution in [0.4, 0.5) is 10.1 Å². The van der Waals surface area contributed by atoms with Crippen LogP contribution in [0, 0.1) is 5.82 Å². The third-order valence-corrected chi connectivity index (χ3v) is 6.59. The van der Waals surface area contributed by atoms with Crippen LogP contribution >= 0.6 is 0 Å². The minimum absolute atomic E-state index is 0.287. The summed E-state index contributed by atoms with van der Waals surface area (Å²) in [4.78, 5) is 13.8. The van der Waals surface area contributed by atoms with Crippen LogP contribution < -0.4 is 14.4 Å². The highest BCUT2D eigenvalue weighted by molar-refractivity contribution is 5.78. The highest BCUT2D eigenvalue weighted by atomic mass is 19.1. The first-order chi connectivity index (χ1) is 17.7. The van der Waals surface area contributed by atoms with Crippen LogP contribution in [-0.2, 0) is 10.6 Å². The Hall–Kier alpha value is -4.60. The monoisotopic (exact) mass is 475 g/mol. The Morgan fingerprint density at radius 3 is 2.06 bits per heavy atom. The number of anilines is 1. The molecule has 0 saturated carbocycles. The number of ether oxygens (including phenoxy) is 2. The second-order valence-electron chi connectivity index (χ2n) is 8.76. The van der Waals surface area contributed by atoms with Crippen LogP contribution in [0.1, 0.15) is 23.1 Å². The molecule has 36 heavy (non-hydrogen) atoms. The number of benzene rings is 4. The molecule has 2 aliphatic rings. The summed E-state index contributed by atoms with van der Waals surface area (Å²) < 4.78 is 26.4. The molecule has 0 fully saturated rings. The van der Waals surface area contributed by atoms with Gasteiger partial charge < -0.3 is 14.4 Å². The normalized spacial score (nSPS) is 15.9. The maximum Gasteiger partial charge on any atom is 0.305 e. The third kappa shape index (κ3) is 3.76. The van der Waals surface area contributed by atoms with Gasteiger partial charge in [-0.2, -0.15) is 0 Å². The van der Waals surface area contributed by atoms with Gasteiger partial charge in [-0.1, -0.05) is 78.9 Å². The van der Waals surface area contributed by atoms with Crippen molar-refractivity contribution in [3.05, 3.63) is 137 Å². The molecule has 0 aromatic heterocycles. The van der Waals surface area contributed by atoms with Crippen LogP contribution in [0.25, 0.3) is 5.57 Å². The molecule has 2 aliphatic heterocycles. The predicted molar refractivity (Wildman–Crippen MR) is 137 cm³/mol. The summed E-state index contributed by atoms with van der Waals surface area (Å²) in [7, 11) is 0. The van der Waals surface area contributed by atoms with Crippen LogP contribution in [-0.4, -0.2) is 12.5 Å². The van der Waals surface area contributed by atoms with E-state index in [9.17, 15) is 9.18 Å². The van der Waals surface area contributed by atoms with Crippen molar-refractivity contribution < 1.29 is 18.7 Å². The zero-order valence-corrected chi connectivity index (χ0v) is 19.4. The number of hydrogen-bond donors (Lipinski definition) is 0. The Labute approximate surface area is 208 Å². The van der Waals surface area contributed by atoms with Crippen LogP contribution in [0.5, 0.6) is 11.5 Å². The smallest absolute Gasteiger partial charge is 0.305 e. The van der Waals surface area contributed by atoms with Gasteiger partial charge in [0, 0.05) is 35.8 Å². The molecule has 0 spiro atoms. The SMILES string of the molecule is O=C=C1CC(c2ccc(F)cc2)=CCN1c1ccc2c(c1)OC(c1ccccc1)(c1ccccc1)O2. The Morgan fingerprint density at radius 1 is 0.778 bits per heavy atom.